The molecule has 10 nitrogen and oxygen atoms in total. The number of hydrogen-bond acceptors (Lipinski definition) is 8. The third-order valence-corrected chi connectivity index (χ3v) is 10.7. The minimum Gasteiger partial charge on any atom is -0.508 e. The molecule has 2 heterocycles. The minimum absolute atomic E-state index is 0.0337. The first-order chi connectivity index (χ1) is 26.0. The predicted molar refractivity (Wildman–Crippen MR) is 201 cm³/mol. The summed E-state index contributed by atoms with van der Waals surface area (Å²) in [5.74, 6) is -0.432. The van der Waals surface area contributed by atoms with Gasteiger partial charge in [0.25, 0.3) is 0 Å². The molecule has 54 heavy (non-hydrogen) atoms. The Balaban J connectivity index is 1.19. The van der Waals surface area contributed by atoms with Gasteiger partial charge in [0.2, 0.25) is 0 Å². The number of urea groups is 1. The van der Waals surface area contributed by atoms with Crippen molar-refractivity contribution >= 4 is 11.7 Å². The van der Waals surface area contributed by atoms with Crippen molar-refractivity contribution in [2.75, 3.05) is 18.6 Å². The number of aliphatic hydroxyl groups excluding tert-OH is 5. The number of phenols is 1. The van der Waals surface area contributed by atoms with E-state index < -0.39 is 61.1 Å². The van der Waals surface area contributed by atoms with Crippen LogP contribution in [0.2, 0.25) is 0 Å². The Labute approximate surface area is 312 Å². The molecule has 0 bridgehead atoms. The Kier molecular flexibility index (Phi) is 10.8. The fourth-order valence-electron chi connectivity index (χ4n) is 7.62. The van der Waals surface area contributed by atoms with E-state index in [0.717, 1.165) is 16.7 Å². The van der Waals surface area contributed by atoms with Crippen LogP contribution in [-0.4, -0.2) is 85.7 Å². The first-order valence-corrected chi connectivity index (χ1v) is 17.9. The second kappa shape index (κ2) is 15.7. The molecule has 0 radical (unpaired) electrons. The van der Waals surface area contributed by atoms with Crippen LogP contribution in [-0.2, 0) is 4.74 Å². The van der Waals surface area contributed by atoms with Crippen molar-refractivity contribution in [3.05, 3.63) is 144 Å². The molecule has 5 aromatic carbocycles. The molecule has 2 saturated heterocycles. The molecule has 2 aliphatic heterocycles. The van der Waals surface area contributed by atoms with Crippen LogP contribution in [0, 0.1) is 5.82 Å². The van der Waals surface area contributed by atoms with E-state index in [1.165, 1.54) is 12.1 Å². The smallest absolute Gasteiger partial charge is 0.325 e. The van der Waals surface area contributed by atoms with Crippen molar-refractivity contribution in [1.82, 2.24) is 4.90 Å². The zero-order chi connectivity index (χ0) is 38.1. The van der Waals surface area contributed by atoms with Gasteiger partial charge in [-0.1, -0.05) is 91.0 Å². The number of aliphatic hydroxyl groups is 5. The summed E-state index contributed by atoms with van der Waals surface area (Å²) in [5, 5.41) is 63.3. The van der Waals surface area contributed by atoms with Gasteiger partial charge in [-0.15, -0.1) is 0 Å². The van der Waals surface area contributed by atoms with Crippen LogP contribution >= 0.6 is 0 Å². The Hall–Kier alpha value is -5.14. The third-order valence-electron chi connectivity index (χ3n) is 10.7. The van der Waals surface area contributed by atoms with Gasteiger partial charge in [-0.2, -0.15) is 0 Å². The monoisotopic (exact) mass is 734 g/mol. The average molecular weight is 735 g/mol. The van der Waals surface area contributed by atoms with Gasteiger partial charge in [0, 0.05) is 18.3 Å². The van der Waals surface area contributed by atoms with E-state index in [0.29, 0.717) is 34.4 Å². The number of phenolic OH excluding ortho intramolecular Hbond substituents is 1. The molecule has 2 amide bonds. The highest BCUT2D eigenvalue weighted by Crippen LogP contribution is 2.45. The summed E-state index contributed by atoms with van der Waals surface area (Å²) in [6.07, 6.45) is -6.61. The highest BCUT2D eigenvalue weighted by molar-refractivity contribution is 5.96. The van der Waals surface area contributed by atoms with E-state index in [2.05, 4.69) is 0 Å². The Morgan fingerprint density at radius 2 is 1.37 bits per heavy atom. The van der Waals surface area contributed by atoms with E-state index >= 15 is 0 Å². The summed E-state index contributed by atoms with van der Waals surface area (Å²) < 4.78 is 19.3. The van der Waals surface area contributed by atoms with E-state index in [9.17, 15) is 39.8 Å². The average Bonchev–Trinajstić information content (AvgIpc) is 3.44. The summed E-state index contributed by atoms with van der Waals surface area (Å²) in [6, 6.07) is 34.2. The van der Waals surface area contributed by atoms with Gasteiger partial charge in [0.1, 0.15) is 42.1 Å². The molecular weight excluding hydrogens is 691 g/mol. The lowest BCUT2D eigenvalue weighted by atomic mass is 9.89. The number of benzene rings is 5. The van der Waals surface area contributed by atoms with Crippen molar-refractivity contribution in [2.45, 2.75) is 61.5 Å². The number of ether oxygens (including phenoxy) is 1. The van der Waals surface area contributed by atoms with Gasteiger partial charge < -0.3 is 40.3 Å². The van der Waals surface area contributed by atoms with Gasteiger partial charge in [-0.25, -0.2) is 9.18 Å². The second-order valence-corrected chi connectivity index (χ2v) is 14.0. The van der Waals surface area contributed by atoms with Crippen LogP contribution in [0.1, 0.15) is 47.8 Å². The van der Waals surface area contributed by atoms with Crippen LogP contribution in [0.4, 0.5) is 14.9 Å². The van der Waals surface area contributed by atoms with Crippen LogP contribution in [0.5, 0.6) is 5.75 Å². The molecule has 0 aromatic heterocycles. The maximum atomic E-state index is 14.1. The zero-order valence-electron chi connectivity index (χ0n) is 29.6. The Morgan fingerprint density at radius 3 is 2.02 bits per heavy atom. The maximum absolute atomic E-state index is 14.1. The fourth-order valence-corrected chi connectivity index (χ4v) is 7.62. The van der Waals surface area contributed by atoms with E-state index in [1.807, 2.05) is 60.7 Å². The quantitative estimate of drug-likeness (QED) is 0.104. The second-order valence-electron chi connectivity index (χ2n) is 14.0. The zero-order valence-corrected chi connectivity index (χ0v) is 29.6. The molecule has 0 aliphatic carbocycles. The molecule has 0 saturated carbocycles. The van der Waals surface area contributed by atoms with Gasteiger partial charge in [0.05, 0.1) is 24.8 Å². The highest BCUT2D eigenvalue weighted by Gasteiger charge is 2.47. The lowest BCUT2D eigenvalue weighted by Gasteiger charge is -2.40. The standard InChI is InChI=1S/C43H43FN2O8/c1-45-34(21-22-35(48)28-11-16-31(44)17-12-28)38(46(43(45)53)32-18-13-26(14-19-32)25-5-3-2-4-6-25)33-20-15-30(23-36(33)49)27-7-9-29(10-8-27)42-41(52)40(51)39(50)37(24-47)54-42/h2-20,23,34-35,37-42,47-52H,21-22,24H2,1H3/t34-,35?,37-,38-,39-,40+,41-,42+/m1/s1. The molecule has 5 aromatic rings. The van der Waals surface area contributed by atoms with Crippen LogP contribution in [0.3, 0.4) is 0 Å². The van der Waals surface area contributed by atoms with Crippen LogP contribution in [0.25, 0.3) is 22.3 Å². The number of anilines is 1. The van der Waals surface area contributed by atoms with Crippen molar-refractivity contribution < 1.29 is 44.6 Å². The predicted octanol–water partition coefficient (Wildman–Crippen LogP) is 5.88. The Bertz CT molecular complexity index is 2050. The number of rotatable bonds is 10. The van der Waals surface area contributed by atoms with Crippen LogP contribution < -0.4 is 4.90 Å². The number of nitrogens with zero attached hydrogens (tertiary/aromatic N) is 2. The molecule has 280 valence electrons. The number of hydrogen-bond donors (Lipinski definition) is 6. The van der Waals surface area contributed by atoms with Gasteiger partial charge >= 0.3 is 6.03 Å². The summed E-state index contributed by atoms with van der Waals surface area (Å²) in [7, 11) is 1.71. The number of aromatic hydroxyl groups is 1. The number of carbonyl (C=O) groups excluding carboxylic acids is 1. The first-order valence-electron chi connectivity index (χ1n) is 17.9. The van der Waals surface area contributed by atoms with Crippen molar-refractivity contribution in [3.8, 4) is 28.0 Å². The third kappa shape index (κ3) is 7.22. The summed E-state index contributed by atoms with van der Waals surface area (Å²) in [5.41, 5.74) is 5.69. The molecule has 2 fully saturated rings. The van der Waals surface area contributed by atoms with E-state index in [1.54, 1.807) is 65.4 Å². The molecular formula is C43H43FN2O8. The molecule has 8 atom stereocenters. The van der Waals surface area contributed by atoms with Gasteiger partial charge in [-0.05, 0) is 76.6 Å². The van der Waals surface area contributed by atoms with Crippen molar-refractivity contribution in [3.63, 3.8) is 0 Å². The van der Waals surface area contributed by atoms with Gasteiger partial charge in [-0.3, -0.25) is 4.90 Å². The SMILES string of the molecule is CN1C(=O)N(c2ccc(-c3ccccc3)cc2)[C@H](c2ccc(-c3ccc([C@@H]4O[C@H](CO)[C@@H](O)[C@H](O)[C@H]4O)cc3)cc2O)[C@H]1CCC(O)c1ccc(F)cc1. The largest absolute Gasteiger partial charge is 0.508 e. The number of amides is 2. The van der Waals surface area contributed by atoms with Crippen LogP contribution in [0.15, 0.2) is 121 Å². The first kappa shape index (κ1) is 37.2. The topological polar surface area (TPSA) is 154 Å². The van der Waals surface area contributed by atoms with E-state index in [4.69, 9.17) is 4.74 Å². The van der Waals surface area contributed by atoms with E-state index in [-0.39, 0.29) is 18.2 Å². The highest BCUT2D eigenvalue weighted by atomic mass is 19.1. The molecule has 6 N–H and O–H groups in total. The van der Waals surface area contributed by atoms with Crippen molar-refractivity contribution in [2.24, 2.45) is 0 Å². The minimum atomic E-state index is -1.50. The Morgan fingerprint density at radius 1 is 0.759 bits per heavy atom. The fraction of sp³-hybridized carbons (Fsp3) is 0.279. The molecule has 2 aliphatic rings. The summed E-state index contributed by atoms with van der Waals surface area (Å²) >= 11 is 0. The molecule has 1 unspecified atom stereocenters. The number of carbonyl (C=O) groups is 1. The lowest BCUT2D eigenvalue weighted by molar-refractivity contribution is -0.231. The normalized spacial score (nSPS) is 24.9. The number of halogens is 1. The molecule has 7 rings (SSSR count). The number of likely N-dealkylation sites (N-methyl/N-ethyl adjacent to an activating group) is 1. The summed E-state index contributed by atoms with van der Waals surface area (Å²) in [6.45, 7) is -0.528. The molecule has 0 spiro atoms. The maximum Gasteiger partial charge on any atom is 0.325 e. The summed E-state index contributed by atoms with van der Waals surface area (Å²) in [4.78, 5) is 17.4. The molecule has 11 heteroatoms. The van der Waals surface area contributed by atoms with Crippen molar-refractivity contribution in [1.29, 1.82) is 0 Å². The van der Waals surface area contributed by atoms with Gasteiger partial charge in [0.15, 0.2) is 0 Å². The lowest BCUT2D eigenvalue weighted by Crippen LogP contribution is -2.55.